The van der Waals surface area contributed by atoms with Crippen molar-refractivity contribution in [2.45, 2.75) is 31.3 Å². The first-order valence-electron chi connectivity index (χ1n) is 6.43. The second kappa shape index (κ2) is 7.16. The SMILES string of the molecule is CCCCOC(Cc1ccccc1)(P(=O)(O)O)P(=O)(O)O. The largest absolute Gasteiger partial charge is 0.370 e. The molecule has 21 heavy (non-hydrogen) atoms. The van der Waals surface area contributed by atoms with E-state index in [1.807, 2.05) is 6.92 Å². The zero-order chi connectivity index (χ0) is 16.1. The van der Waals surface area contributed by atoms with Crippen LogP contribution in [0.4, 0.5) is 0 Å². The van der Waals surface area contributed by atoms with Crippen LogP contribution in [0, 0.1) is 0 Å². The molecule has 0 bridgehead atoms. The molecule has 0 aliphatic heterocycles. The lowest BCUT2D eigenvalue weighted by molar-refractivity contribution is 0.0351. The highest BCUT2D eigenvalue weighted by Gasteiger charge is 2.61. The van der Waals surface area contributed by atoms with Crippen molar-refractivity contribution >= 4 is 15.2 Å². The molecule has 1 aromatic rings. The molecule has 0 unspecified atom stereocenters. The average molecular weight is 338 g/mol. The lowest BCUT2D eigenvalue weighted by atomic mass is 10.2. The summed E-state index contributed by atoms with van der Waals surface area (Å²) in [7, 11) is -10.4. The van der Waals surface area contributed by atoms with Crippen LogP contribution in [-0.4, -0.2) is 31.3 Å². The average Bonchev–Trinajstić information content (AvgIpc) is 2.36. The predicted octanol–water partition coefficient (Wildman–Crippen LogP) is 2.06. The van der Waals surface area contributed by atoms with E-state index in [4.69, 9.17) is 4.74 Å². The van der Waals surface area contributed by atoms with Gasteiger partial charge in [-0.05, 0) is 12.0 Å². The van der Waals surface area contributed by atoms with Crippen LogP contribution in [0.2, 0.25) is 0 Å². The summed E-state index contributed by atoms with van der Waals surface area (Å²) in [6, 6.07) is 7.99. The van der Waals surface area contributed by atoms with E-state index in [9.17, 15) is 28.7 Å². The van der Waals surface area contributed by atoms with Gasteiger partial charge in [0.2, 0.25) is 0 Å². The van der Waals surface area contributed by atoms with Crippen LogP contribution < -0.4 is 0 Å². The van der Waals surface area contributed by atoms with Crippen LogP contribution in [0.15, 0.2) is 30.3 Å². The number of benzene rings is 1. The minimum atomic E-state index is -5.22. The summed E-state index contributed by atoms with van der Waals surface area (Å²) < 4.78 is 28.6. The second-order valence-corrected chi connectivity index (χ2v) is 8.67. The highest BCUT2D eigenvalue weighted by molar-refractivity contribution is 7.72. The van der Waals surface area contributed by atoms with Crippen LogP contribution in [0.5, 0.6) is 0 Å². The number of ether oxygens (including phenoxy) is 1. The third kappa shape index (κ3) is 4.47. The fraction of sp³-hybridized carbons (Fsp3) is 0.500. The van der Waals surface area contributed by atoms with Gasteiger partial charge < -0.3 is 24.3 Å². The van der Waals surface area contributed by atoms with E-state index in [0.29, 0.717) is 18.4 Å². The molecule has 0 aliphatic carbocycles. The van der Waals surface area contributed by atoms with E-state index >= 15 is 0 Å². The van der Waals surface area contributed by atoms with Crippen LogP contribution in [0.1, 0.15) is 25.3 Å². The number of unbranched alkanes of at least 4 members (excludes halogenated alkanes) is 1. The van der Waals surface area contributed by atoms with Gasteiger partial charge in [0, 0.05) is 13.0 Å². The lowest BCUT2D eigenvalue weighted by Gasteiger charge is -2.34. The predicted molar refractivity (Wildman–Crippen MR) is 77.8 cm³/mol. The summed E-state index contributed by atoms with van der Waals surface area (Å²) in [6.45, 7) is 1.69. The molecule has 0 aliphatic rings. The Morgan fingerprint density at radius 1 is 1.05 bits per heavy atom. The minimum absolute atomic E-state index is 0.139. The molecule has 0 aromatic heterocycles. The molecule has 120 valence electrons. The van der Waals surface area contributed by atoms with Crippen LogP contribution in [0.25, 0.3) is 0 Å². The Balaban J connectivity index is 3.24. The Hall–Kier alpha value is -0.520. The maximum Gasteiger partial charge on any atom is 0.370 e. The maximum absolute atomic E-state index is 11.8. The summed E-state index contributed by atoms with van der Waals surface area (Å²) in [4.78, 5) is 38.1. The van der Waals surface area contributed by atoms with Gasteiger partial charge in [-0.1, -0.05) is 43.7 Å². The first-order chi connectivity index (χ1) is 9.64. The van der Waals surface area contributed by atoms with E-state index in [1.165, 1.54) is 12.1 Å². The second-order valence-electron chi connectivity index (χ2n) is 4.70. The molecule has 0 fully saturated rings. The fourth-order valence-corrected chi connectivity index (χ4v) is 4.49. The zero-order valence-electron chi connectivity index (χ0n) is 11.6. The van der Waals surface area contributed by atoms with E-state index in [2.05, 4.69) is 0 Å². The first kappa shape index (κ1) is 18.5. The topological polar surface area (TPSA) is 124 Å². The molecule has 0 atom stereocenters. The van der Waals surface area contributed by atoms with Gasteiger partial charge in [-0.3, -0.25) is 9.13 Å². The molecule has 4 N–H and O–H groups in total. The van der Waals surface area contributed by atoms with Crippen molar-refractivity contribution in [1.82, 2.24) is 0 Å². The molecule has 0 spiro atoms. The van der Waals surface area contributed by atoms with Crippen LogP contribution in [0.3, 0.4) is 0 Å². The molecule has 1 rings (SSSR count). The van der Waals surface area contributed by atoms with E-state index < -0.39 is 26.7 Å². The number of hydrogen-bond donors (Lipinski definition) is 4. The molecule has 0 heterocycles. The van der Waals surface area contributed by atoms with E-state index in [0.717, 1.165) is 0 Å². The van der Waals surface area contributed by atoms with Crippen molar-refractivity contribution < 1.29 is 33.4 Å². The molecule has 0 saturated heterocycles. The van der Waals surface area contributed by atoms with Crippen LogP contribution in [-0.2, 0) is 20.3 Å². The Labute approximate surface area is 123 Å². The minimum Gasteiger partial charge on any atom is -0.352 e. The molecule has 0 saturated carbocycles. The first-order valence-corrected chi connectivity index (χ1v) is 9.65. The summed E-state index contributed by atoms with van der Waals surface area (Å²) >= 11 is 0. The molecule has 7 nitrogen and oxygen atoms in total. The third-order valence-corrected chi connectivity index (χ3v) is 6.98. The molecular weight excluding hydrogens is 318 g/mol. The highest BCUT2D eigenvalue weighted by atomic mass is 31.2. The fourth-order valence-electron chi connectivity index (χ4n) is 1.84. The lowest BCUT2D eigenvalue weighted by Crippen LogP contribution is -2.35. The molecule has 9 heteroatoms. The normalized spacial score (nSPS) is 13.4. The maximum atomic E-state index is 11.8. The van der Waals surface area contributed by atoms with Crippen molar-refractivity contribution in [3.63, 3.8) is 0 Å². The van der Waals surface area contributed by atoms with Crippen LogP contribution >= 0.6 is 15.2 Å². The molecule has 1 aromatic carbocycles. The monoisotopic (exact) mass is 338 g/mol. The summed E-state index contributed by atoms with van der Waals surface area (Å²) in [5.74, 6) is 0. The Kier molecular flexibility index (Phi) is 6.32. The summed E-state index contributed by atoms with van der Waals surface area (Å²) in [5.41, 5.74) is 0.376. The van der Waals surface area contributed by atoms with Crippen molar-refractivity contribution in [2.75, 3.05) is 6.61 Å². The Morgan fingerprint density at radius 3 is 2.00 bits per heavy atom. The van der Waals surface area contributed by atoms with E-state index in [-0.39, 0.29) is 6.61 Å². The van der Waals surface area contributed by atoms with Gasteiger partial charge in [0.15, 0.2) is 0 Å². The Morgan fingerprint density at radius 2 is 1.57 bits per heavy atom. The van der Waals surface area contributed by atoms with E-state index in [1.54, 1.807) is 18.2 Å². The quantitative estimate of drug-likeness (QED) is 0.422. The molecule has 0 amide bonds. The summed E-state index contributed by atoms with van der Waals surface area (Å²) in [5, 5.41) is -2.84. The number of hydrogen-bond acceptors (Lipinski definition) is 3. The van der Waals surface area contributed by atoms with Crippen molar-refractivity contribution in [3.05, 3.63) is 35.9 Å². The standard InChI is InChI=1S/C12H20O7P2/c1-2-3-9-19-12(20(13,14)15,21(16,17)18)10-11-7-5-4-6-8-11/h4-8H,2-3,9-10H2,1H3,(H2,13,14,15)(H2,16,17,18). The van der Waals surface area contributed by atoms with Gasteiger partial charge in [0.1, 0.15) is 0 Å². The van der Waals surface area contributed by atoms with Crippen molar-refractivity contribution in [2.24, 2.45) is 0 Å². The molecule has 0 radical (unpaired) electrons. The van der Waals surface area contributed by atoms with Crippen molar-refractivity contribution in [1.29, 1.82) is 0 Å². The summed E-state index contributed by atoms with van der Waals surface area (Å²) in [6.07, 6.45) is 0.548. The van der Waals surface area contributed by atoms with Gasteiger partial charge >= 0.3 is 15.2 Å². The zero-order valence-corrected chi connectivity index (χ0v) is 13.4. The number of rotatable bonds is 8. The smallest absolute Gasteiger partial charge is 0.352 e. The Bertz CT molecular complexity index is 512. The van der Waals surface area contributed by atoms with Gasteiger partial charge in [-0.15, -0.1) is 0 Å². The van der Waals surface area contributed by atoms with Gasteiger partial charge in [0.05, 0.1) is 0 Å². The van der Waals surface area contributed by atoms with Gasteiger partial charge in [-0.2, -0.15) is 0 Å². The van der Waals surface area contributed by atoms with Gasteiger partial charge in [0.25, 0.3) is 5.08 Å². The third-order valence-electron chi connectivity index (χ3n) is 3.02. The highest BCUT2D eigenvalue weighted by Crippen LogP contribution is 2.70. The molecular formula is C12H20O7P2. The van der Waals surface area contributed by atoms with Gasteiger partial charge in [-0.25, -0.2) is 0 Å². The van der Waals surface area contributed by atoms with Crippen molar-refractivity contribution in [3.8, 4) is 0 Å².